The van der Waals surface area contributed by atoms with E-state index in [-0.39, 0.29) is 17.4 Å². The van der Waals surface area contributed by atoms with Gasteiger partial charge in [-0.2, -0.15) is 0 Å². The Labute approximate surface area is 189 Å². The highest BCUT2D eigenvalue weighted by Gasteiger charge is 2.26. The summed E-state index contributed by atoms with van der Waals surface area (Å²) in [5.74, 6) is 0.813. The average Bonchev–Trinajstić information content (AvgIpc) is 2.80. The number of amides is 1. The number of carbonyl (C=O) groups excluding carboxylic acids is 1. The lowest BCUT2D eigenvalue weighted by molar-refractivity contribution is -0.133. The highest BCUT2D eigenvalue weighted by molar-refractivity contribution is 5.87. The maximum Gasteiger partial charge on any atom is 0.335 e. The third-order valence-electron chi connectivity index (χ3n) is 5.80. The number of carbonyl (C=O) groups is 2. The van der Waals surface area contributed by atoms with E-state index in [2.05, 4.69) is 0 Å². The lowest BCUT2D eigenvalue weighted by Crippen LogP contribution is -2.43. The molecule has 0 saturated carbocycles. The first-order valence-electron chi connectivity index (χ1n) is 11.0. The average molecular weight is 441 g/mol. The van der Waals surface area contributed by atoms with Crippen molar-refractivity contribution in [2.45, 2.75) is 32.2 Å². The molecule has 0 radical (unpaired) electrons. The topological polar surface area (TPSA) is 79.3 Å². The standard InChI is InChI=1S/C25H32N2O5/c1-4-32-23-14-22(31-3)11-10-21(23)15-26(2)17-24(28)27-12-6-9-20(16-27)18-7-5-8-19(13-18)25(29)30/h5,7-8,10-11,13-14,20H,4,6,9,12,15-17H2,1-3H3,(H,29,30). The van der Waals surface area contributed by atoms with Crippen LogP contribution in [0.25, 0.3) is 0 Å². The molecule has 1 amide bonds. The Morgan fingerprint density at radius 1 is 1.22 bits per heavy atom. The van der Waals surface area contributed by atoms with Crippen molar-refractivity contribution in [2.75, 3.05) is 40.4 Å². The zero-order valence-corrected chi connectivity index (χ0v) is 19.0. The van der Waals surface area contributed by atoms with Crippen molar-refractivity contribution in [2.24, 2.45) is 0 Å². The molecule has 7 nitrogen and oxygen atoms in total. The van der Waals surface area contributed by atoms with Gasteiger partial charge in [-0.3, -0.25) is 9.69 Å². The Morgan fingerprint density at radius 2 is 2.03 bits per heavy atom. The van der Waals surface area contributed by atoms with E-state index in [4.69, 9.17) is 9.47 Å². The molecule has 2 aromatic rings. The smallest absolute Gasteiger partial charge is 0.335 e. The molecule has 3 rings (SSSR count). The van der Waals surface area contributed by atoms with Gasteiger partial charge in [-0.15, -0.1) is 0 Å². The van der Waals surface area contributed by atoms with Crippen LogP contribution in [0.15, 0.2) is 42.5 Å². The summed E-state index contributed by atoms with van der Waals surface area (Å²) in [6.07, 6.45) is 1.86. The fraction of sp³-hybridized carbons (Fsp3) is 0.440. The quantitative estimate of drug-likeness (QED) is 0.642. The fourth-order valence-corrected chi connectivity index (χ4v) is 4.16. The largest absolute Gasteiger partial charge is 0.497 e. The van der Waals surface area contributed by atoms with Crippen molar-refractivity contribution in [3.63, 3.8) is 0 Å². The number of piperidine rings is 1. The van der Waals surface area contributed by atoms with Gasteiger partial charge < -0.3 is 19.5 Å². The van der Waals surface area contributed by atoms with Crippen LogP contribution in [-0.4, -0.2) is 67.2 Å². The van der Waals surface area contributed by atoms with E-state index < -0.39 is 5.97 Å². The van der Waals surface area contributed by atoms with Crippen molar-refractivity contribution in [3.05, 3.63) is 59.2 Å². The summed E-state index contributed by atoms with van der Waals surface area (Å²) in [7, 11) is 3.55. The second-order valence-electron chi connectivity index (χ2n) is 8.19. The van der Waals surface area contributed by atoms with E-state index in [1.807, 2.05) is 48.0 Å². The first kappa shape index (κ1) is 23.6. The third-order valence-corrected chi connectivity index (χ3v) is 5.80. The van der Waals surface area contributed by atoms with E-state index >= 15 is 0 Å². The third kappa shape index (κ3) is 6.01. The van der Waals surface area contributed by atoms with Gasteiger partial charge in [0.2, 0.25) is 5.91 Å². The molecular weight excluding hydrogens is 408 g/mol. The minimum atomic E-state index is -0.929. The number of benzene rings is 2. The molecule has 1 fully saturated rings. The number of ether oxygens (including phenoxy) is 2. The van der Waals surface area contributed by atoms with E-state index in [0.29, 0.717) is 26.2 Å². The van der Waals surface area contributed by atoms with Crippen LogP contribution in [0.5, 0.6) is 11.5 Å². The van der Waals surface area contributed by atoms with E-state index in [9.17, 15) is 14.7 Å². The van der Waals surface area contributed by atoms with Crippen molar-refractivity contribution >= 4 is 11.9 Å². The van der Waals surface area contributed by atoms with E-state index in [1.54, 1.807) is 25.3 Å². The number of rotatable bonds is 9. The maximum absolute atomic E-state index is 13.0. The van der Waals surface area contributed by atoms with Gasteiger partial charge in [0.15, 0.2) is 0 Å². The van der Waals surface area contributed by atoms with Gasteiger partial charge in [0, 0.05) is 37.2 Å². The van der Waals surface area contributed by atoms with Crippen LogP contribution in [0.3, 0.4) is 0 Å². The Balaban J connectivity index is 1.62. The molecule has 1 aliphatic rings. The summed E-state index contributed by atoms with van der Waals surface area (Å²) in [4.78, 5) is 28.2. The number of likely N-dealkylation sites (tertiary alicyclic amines) is 1. The highest BCUT2D eigenvalue weighted by atomic mass is 16.5. The first-order valence-corrected chi connectivity index (χ1v) is 11.0. The molecule has 1 heterocycles. The molecule has 1 atom stereocenters. The van der Waals surface area contributed by atoms with Crippen LogP contribution in [0.4, 0.5) is 0 Å². The summed E-state index contributed by atoms with van der Waals surface area (Å²) in [6, 6.07) is 12.8. The zero-order chi connectivity index (χ0) is 23.1. The van der Waals surface area contributed by atoms with Gasteiger partial charge in [-0.05, 0) is 50.6 Å². The molecule has 1 N–H and O–H groups in total. The SMILES string of the molecule is CCOc1cc(OC)ccc1CN(C)CC(=O)N1CCCC(c2cccc(C(=O)O)c2)C1. The van der Waals surface area contributed by atoms with Gasteiger partial charge in [0.05, 0.1) is 25.8 Å². The normalized spacial score (nSPS) is 16.1. The van der Waals surface area contributed by atoms with Crippen LogP contribution in [-0.2, 0) is 11.3 Å². The number of hydrogen-bond donors (Lipinski definition) is 1. The zero-order valence-electron chi connectivity index (χ0n) is 19.0. The Morgan fingerprint density at radius 3 is 2.75 bits per heavy atom. The fourth-order valence-electron chi connectivity index (χ4n) is 4.16. The monoisotopic (exact) mass is 440 g/mol. The summed E-state index contributed by atoms with van der Waals surface area (Å²) in [6.45, 7) is 4.73. The van der Waals surface area contributed by atoms with Gasteiger partial charge in [-0.1, -0.05) is 18.2 Å². The molecule has 1 unspecified atom stereocenters. The number of aromatic carboxylic acids is 1. The number of hydrogen-bond acceptors (Lipinski definition) is 5. The van der Waals surface area contributed by atoms with Crippen LogP contribution < -0.4 is 9.47 Å². The highest BCUT2D eigenvalue weighted by Crippen LogP contribution is 2.28. The lowest BCUT2D eigenvalue weighted by Gasteiger charge is -2.34. The molecule has 32 heavy (non-hydrogen) atoms. The van der Waals surface area contributed by atoms with Gasteiger partial charge in [0.25, 0.3) is 0 Å². The van der Waals surface area contributed by atoms with Gasteiger partial charge in [0.1, 0.15) is 11.5 Å². The van der Waals surface area contributed by atoms with E-state index in [1.165, 1.54) is 0 Å². The predicted octanol–water partition coefficient (Wildman–Crippen LogP) is 3.63. The predicted molar refractivity (Wildman–Crippen MR) is 122 cm³/mol. The second-order valence-corrected chi connectivity index (χ2v) is 8.19. The molecule has 0 aliphatic carbocycles. The number of carboxylic acids is 1. The molecule has 0 bridgehead atoms. The molecule has 2 aromatic carbocycles. The van der Waals surface area contributed by atoms with Crippen LogP contribution in [0.2, 0.25) is 0 Å². The molecule has 7 heteroatoms. The van der Waals surface area contributed by atoms with Crippen molar-refractivity contribution < 1.29 is 24.2 Å². The van der Waals surface area contributed by atoms with Crippen molar-refractivity contribution in [1.82, 2.24) is 9.80 Å². The Kier molecular flexibility index (Phi) is 8.11. The number of carboxylic acid groups (broad SMARTS) is 1. The maximum atomic E-state index is 13.0. The van der Waals surface area contributed by atoms with Gasteiger partial charge >= 0.3 is 5.97 Å². The van der Waals surface area contributed by atoms with E-state index in [0.717, 1.165) is 42.0 Å². The molecular formula is C25H32N2O5. The molecule has 1 saturated heterocycles. The van der Waals surface area contributed by atoms with Crippen LogP contribution >= 0.6 is 0 Å². The first-order chi connectivity index (χ1) is 15.4. The lowest BCUT2D eigenvalue weighted by atomic mass is 9.89. The Bertz CT molecular complexity index is 946. The molecule has 0 aromatic heterocycles. The Hall–Kier alpha value is -3.06. The number of nitrogens with zero attached hydrogens (tertiary/aromatic N) is 2. The summed E-state index contributed by atoms with van der Waals surface area (Å²) >= 11 is 0. The van der Waals surface area contributed by atoms with Crippen molar-refractivity contribution in [1.29, 1.82) is 0 Å². The molecule has 0 spiro atoms. The van der Waals surface area contributed by atoms with Crippen molar-refractivity contribution in [3.8, 4) is 11.5 Å². The van der Waals surface area contributed by atoms with Gasteiger partial charge in [-0.25, -0.2) is 4.79 Å². The van der Waals surface area contributed by atoms with Crippen LogP contribution in [0, 0.1) is 0 Å². The second kappa shape index (κ2) is 11.0. The minimum absolute atomic E-state index is 0.0815. The number of likely N-dealkylation sites (N-methyl/N-ethyl adjacent to an activating group) is 1. The molecule has 172 valence electrons. The summed E-state index contributed by atoms with van der Waals surface area (Å²) in [5.41, 5.74) is 2.27. The minimum Gasteiger partial charge on any atom is -0.497 e. The molecule has 1 aliphatic heterocycles. The summed E-state index contributed by atoms with van der Waals surface area (Å²) < 4.78 is 11.0. The summed E-state index contributed by atoms with van der Waals surface area (Å²) in [5, 5.41) is 9.26. The van der Waals surface area contributed by atoms with Crippen LogP contribution in [0.1, 0.15) is 47.2 Å². The number of methoxy groups -OCH3 is 1.